The molecule has 1 fully saturated rings. The second-order valence-corrected chi connectivity index (χ2v) is 5.19. The summed E-state index contributed by atoms with van der Waals surface area (Å²) in [5, 5.41) is 8.80. The molecule has 1 saturated heterocycles. The van der Waals surface area contributed by atoms with Gasteiger partial charge in [0.15, 0.2) is 0 Å². The van der Waals surface area contributed by atoms with Crippen LogP contribution in [0.2, 0.25) is 0 Å². The third-order valence-corrected chi connectivity index (χ3v) is 3.87. The van der Waals surface area contributed by atoms with Gasteiger partial charge in [0.1, 0.15) is 11.9 Å². The van der Waals surface area contributed by atoms with Crippen LogP contribution in [0.4, 0.5) is 5.82 Å². The topological polar surface area (TPSA) is 39.9 Å². The Balaban J connectivity index is 2.13. The lowest BCUT2D eigenvalue weighted by atomic mass is 9.95. The molecular formula is C15H21N3. The van der Waals surface area contributed by atoms with Crippen LogP contribution in [-0.4, -0.2) is 17.6 Å². The minimum absolute atomic E-state index is 0.616. The van der Waals surface area contributed by atoms with E-state index in [-0.39, 0.29) is 0 Å². The molecule has 1 aliphatic heterocycles. The van der Waals surface area contributed by atoms with Crippen molar-refractivity contribution in [1.29, 1.82) is 5.26 Å². The predicted octanol–water partition coefficient (Wildman–Crippen LogP) is 3.36. The van der Waals surface area contributed by atoms with Crippen molar-refractivity contribution in [3.63, 3.8) is 0 Å². The monoisotopic (exact) mass is 243 g/mol. The molecule has 0 bridgehead atoms. The van der Waals surface area contributed by atoms with Crippen LogP contribution in [0.1, 0.15) is 45.1 Å². The van der Waals surface area contributed by atoms with Crippen molar-refractivity contribution in [1.82, 2.24) is 4.98 Å². The Hall–Kier alpha value is -1.56. The maximum Gasteiger partial charge on any atom is 0.128 e. The van der Waals surface area contributed by atoms with Gasteiger partial charge in [-0.05, 0) is 37.3 Å². The molecule has 0 aliphatic carbocycles. The summed E-state index contributed by atoms with van der Waals surface area (Å²) in [6.45, 7) is 5.68. The van der Waals surface area contributed by atoms with Gasteiger partial charge in [-0.3, -0.25) is 0 Å². The van der Waals surface area contributed by atoms with Gasteiger partial charge in [-0.15, -0.1) is 0 Å². The molecule has 3 heteroatoms. The molecule has 2 heterocycles. The third-order valence-electron chi connectivity index (χ3n) is 3.87. The Morgan fingerprint density at radius 1 is 1.56 bits per heavy atom. The Bertz CT molecular complexity index is 418. The van der Waals surface area contributed by atoms with E-state index in [1.165, 1.54) is 25.7 Å². The van der Waals surface area contributed by atoms with Crippen LogP contribution in [0, 0.1) is 17.2 Å². The van der Waals surface area contributed by atoms with Crippen LogP contribution in [0.15, 0.2) is 18.3 Å². The minimum atomic E-state index is 0.616. The standard InChI is InChI=1S/C15H21N3/c1-3-5-12(2)14-6-4-9-18(14)15-8-7-13(10-16)11-17-15/h7-8,11-12,14H,3-6,9H2,1-2H3. The zero-order valence-corrected chi connectivity index (χ0v) is 11.3. The summed E-state index contributed by atoms with van der Waals surface area (Å²) >= 11 is 0. The van der Waals surface area contributed by atoms with Gasteiger partial charge in [-0.2, -0.15) is 5.26 Å². The molecule has 18 heavy (non-hydrogen) atoms. The maximum absolute atomic E-state index is 8.80. The third kappa shape index (κ3) is 2.64. The molecule has 1 aromatic rings. The second kappa shape index (κ2) is 5.86. The first kappa shape index (κ1) is 12.9. The van der Waals surface area contributed by atoms with Crippen molar-refractivity contribution in [3.05, 3.63) is 23.9 Å². The summed E-state index contributed by atoms with van der Waals surface area (Å²) in [6, 6.07) is 6.58. The van der Waals surface area contributed by atoms with Crippen molar-refractivity contribution in [3.8, 4) is 6.07 Å². The molecule has 0 aromatic carbocycles. The average molecular weight is 243 g/mol. The molecule has 1 aliphatic rings. The van der Waals surface area contributed by atoms with Crippen LogP contribution in [0.3, 0.4) is 0 Å². The summed E-state index contributed by atoms with van der Waals surface area (Å²) in [4.78, 5) is 6.85. The Labute approximate surface area is 109 Å². The normalized spacial score (nSPS) is 20.7. The van der Waals surface area contributed by atoms with Gasteiger partial charge in [-0.1, -0.05) is 20.3 Å². The van der Waals surface area contributed by atoms with Crippen LogP contribution >= 0.6 is 0 Å². The summed E-state index contributed by atoms with van der Waals surface area (Å²) in [5.74, 6) is 1.74. The number of nitriles is 1. The van der Waals surface area contributed by atoms with E-state index in [4.69, 9.17) is 5.26 Å². The van der Waals surface area contributed by atoms with E-state index in [1.54, 1.807) is 6.20 Å². The number of anilines is 1. The molecule has 0 N–H and O–H groups in total. The lowest BCUT2D eigenvalue weighted by Gasteiger charge is -2.30. The Kier molecular flexibility index (Phi) is 4.19. The fourth-order valence-corrected chi connectivity index (χ4v) is 2.94. The highest BCUT2D eigenvalue weighted by atomic mass is 15.2. The van der Waals surface area contributed by atoms with Crippen molar-refractivity contribution in [2.24, 2.45) is 5.92 Å². The Morgan fingerprint density at radius 3 is 3.00 bits per heavy atom. The summed E-state index contributed by atoms with van der Waals surface area (Å²) in [6.07, 6.45) is 6.71. The van der Waals surface area contributed by atoms with Crippen molar-refractivity contribution >= 4 is 5.82 Å². The molecule has 0 amide bonds. The van der Waals surface area contributed by atoms with Crippen LogP contribution in [-0.2, 0) is 0 Å². The number of hydrogen-bond donors (Lipinski definition) is 0. The highest BCUT2D eigenvalue weighted by Gasteiger charge is 2.29. The van der Waals surface area contributed by atoms with Gasteiger partial charge in [0.25, 0.3) is 0 Å². The molecule has 0 saturated carbocycles. The Morgan fingerprint density at radius 2 is 2.39 bits per heavy atom. The zero-order valence-electron chi connectivity index (χ0n) is 11.3. The van der Waals surface area contributed by atoms with Gasteiger partial charge in [0.2, 0.25) is 0 Å². The first-order valence-corrected chi connectivity index (χ1v) is 6.89. The molecular weight excluding hydrogens is 222 g/mol. The first-order chi connectivity index (χ1) is 8.76. The summed E-state index contributed by atoms with van der Waals surface area (Å²) in [7, 11) is 0. The molecule has 96 valence electrons. The van der Waals surface area contributed by atoms with Gasteiger partial charge in [-0.25, -0.2) is 4.98 Å². The minimum Gasteiger partial charge on any atom is -0.353 e. The number of aromatic nitrogens is 1. The molecule has 2 rings (SSSR count). The highest BCUT2D eigenvalue weighted by Crippen LogP contribution is 2.30. The van der Waals surface area contributed by atoms with Crippen molar-refractivity contribution in [2.75, 3.05) is 11.4 Å². The maximum atomic E-state index is 8.80. The molecule has 3 nitrogen and oxygen atoms in total. The fourth-order valence-electron chi connectivity index (χ4n) is 2.94. The number of nitrogens with zero attached hydrogens (tertiary/aromatic N) is 3. The van der Waals surface area contributed by atoms with Crippen molar-refractivity contribution in [2.45, 2.75) is 45.6 Å². The second-order valence-electron chi connectivity index (χ2n) is 5.19. The molecule has 0 radical (unpaired) electrons. The summed E-state index contributed by atoms with van der Waals surface area (Å²) in [5.41, 5.74) is 0.635. The van der Waals surface area contributed by atoms with Crippen molar-refractivity contribution < 1.29 is 0 Å². The number of hydrogen-bond acceptors (Lipinski definition) is 3. The van der Waals surface area contributed by atoms with Crippen LogP contribution < -0.4 is 4.90 Å². The predicted molar refractivity (Wildman–Crippen MR) is 73.4 cm³/mol. The van der Waals surface area contributed by atoms with E-state index >= 15 is 0 Å². The lowest BCUT2D eigenvalue weighted by molar-refractivity contribution is 0.420. The first-order valence-electron chi connectivity index (χ1n) is 6.89. The molecule has 2 unspecified atom stereocenters. The van der Waals surface area contributed by atoms with E-state index in [0.29, 0.717) is 11.6 Å². The van der Waals surface area contributed by atoms with Crippen LogP contribution in [0.25, 0.3) is 0 Å². The summed E-state index contributed by atoms with van der Waals surface area (Å²) < 4.78 is 0. The van der Waals surface area contributed by atoms with E-state index in [0.717, 1.165) is 18.3 Å². The zero-order chi connectivity index (χ0) is 13.0. The smallest absolute Gasteiger partial charge is 0.128 e. The quantitative estimate of drug-likeness (QED) is 0.814. The molecule has 0 spiro atoms. The average Bonchev–Trinajstić information content (AvgIpc) is 2.88. The van der Waals surface area contributed by atoms with Gasteiger partial charge >= 0.3 is 0 Å². The number of pyridine rings is 1. The molecule has 1 aromatic heterocycles. The van der Waals surface area contributed by atoms with E-state index in [2.05, 4.69) is 29.8 Å². The fraction of sp³-hybridized carbons (Fsp3) is 0.600. The highest BCUT2D eigenvalue weighted by molar-refractivity contribution is 5.44. The molecule has 2 atom stereocenters. The SMILES string of the molecule is CCCC(C)C1CCCN1c1ccc(C#N)cn1. The largest absolute Gasteiger partial charge is 0.353 e. The van der Waals surface area contributed by atoms with Crippen LogP contribution in [0.5, 0.6) is 0 Å². The van der Waals surface area contributed by atoms with Gasteiger partial charge in [0, 0.05) is 18.8 Å². The van der Waals surface area contributed by atoms with E-state index in [9.17, 15) is 0 Å². The number of rotatable bonds is 4. The van der Waals surface area contributed by atoms with Gasteiger partial charge < -0.3 is 4.90 Å². The van der Waals surface area contributed by atoms with E-state index < -0.39 is 0 Å². The lowest BCUT2D eigenvalue weighted by Crippen LogP contribution is -2.35. The van der Waals surface area contributed by atoms with E-state index in [1.807, 2.05) is 12.1 Å². The van der Waals surface area contributed by atoms with Gasteiger partial charge in [0.05, 0.1) is 5.56 Å².